The first-order valence-electron chi connectivity index (χ1n) is 12.7. The molecule has 0 radical (unpaired) electrons. The number of fused-ring (bicyclic) bond motifs is 3. The van der Waals surface area contributed by atoms with Gasteiger partial charge in [0.05, 0.1) is 5.39 Å². The quantitative estimate of drug-likeness (QED) is 0.281. The minimum Gasteiger partial charge on any atom is -0.284 e. The van der Waals surface area contributed by atoms with Crippen molar-refractivity contribution in [2.24, 2.45) is 11.3 Å². The third kappa shape index (κ3) is 4.81. The highest BCUT2D eigenvalue weighted by molar-refractivity contribution is 7.99. The molecule has 1 fully saturated rings. The third-order valence-electron chi connectivity index (χ3n) is 7.71. The molecule has 0 saturated heterocycles. The second-order valence-electron chi connectivity index (χ2n) is 10.9. The van der Waals surface area contributed by atoms with Gasteiger partial charge in [-0.1, -0.05) is 82.1 Å². The molecule has 2 aliphatic carbocycles. The van der Waals surface area contributed by atoms with Gasteiger partial charge in [0.1, 0.15) is 4.83 Å². The number of thiophene rings is 1. The highest BCUT2D eigenvalue weighted by atomic mass is 32.2. The molecule has 2 heterocycles. The van der Waals surface area contributed by atoms with Gasteiger partial charge < -0.3 is 0 Å². The van der Waals surface area contributed by atoms with Crippen LogP contribution in [0.3, 0.4) is 0 Å². The maximum atomic E-state index is 14.0. The van der Waals surface area contributed by atoms with Crippen LogP contribution < -0.4 is 5.56 Å². The van der Waals surface area contributed by atoms with Gasteiger partial charge in [-0.05, 0) is 61.0 Å². The van der Waals surface area contributed by atoms with E-state index in [1.165, 1.54) is 41.7 Å². The van der Waals surface area contributed by atoms with E-state index in [1.807, 2.05) is 0 Å². The Labute approximate surface area is 206 Å². The zero-order valence-electron chi connectivity index (χ0n) is 20.2. The molecule has 1 saturated carbocycles. The Morgan fingerprint density at radius 2 is 1.85 bits per heavy atom. The van der Waals surface area contributed by atoms with Gasteiger partial charge in [0, 0.05) is 16.7 Å². The lowest BCUT2D eigenvalue weighted by atomic mass is 9.72. The predicted octanol–water partition coefficient (Wildman–Crippen LogP) is 7.45. The molecular weight excluding hydrogens is 444 g/mol. The lowest BCUT2D eigenvalue weighted by Gasteiger charge is -2.33. The molecule has 2 aliphatic rings. The summed E-state index contributed by atoms with van der Waals surface area (Å²) < 4.78 is 2.11. The topological polar surface area (TPSA) is 34.9 Å². The lowest BCUT2D eigenvalue weighted by molar-refractivity contribution is 0.218. The Balaban J connectivity index is 1.51. The van der Waals surface area contributed by atoms with Crippen molar-refractivity contribution >= 4 is 33.3 Å². The van der Waals surface area contributed by atoms with E-state index >= 15 is 0 Å². The maximum Gasteiger partial charge on any atom is 0.263 e. The van der Waals surface area contributed by atoms with Crippen molar-refractivity contribution in [1.82, 2.24) is 9.55 Å². The second kappa shape index (κ2) is 9.58. The number of nitrogens with zero attached hydrogens (tertiary/aromatic N) is 2. The second-order valence-corrected chi connectivity index (χ2v) is 13.1. The molecule has 3 nitrogen and oxygen atoms in total. The summed E-state index contributed by atoms with van der Waals surface area (Å²) in [4.78, 5) is 21.6. The van der Waals surface area contributed by atoms with Crippen LogP contribution in [0.5, 0.6) is 0 Å². The van der Waals surface area contributed by atoms with Crippen molar-refractivity contribution in [1.29, 1.82) is 0 Å². The summed E-state index contributed by atoms with van der Waals surface area (Å²) in [6, 6.07) is 10.9. The molecular formula is C28H36N2OS2. The minimum atomic E-state index is 0.237. The Morgan fingerprint density at radius 3 is 2.58 bits per heavy atom. The van der Waals surface area contributed by atoms with Gasteiger partial charge in [-0.25, -0.2) is 4.98 Å². The summed E-state index contributed by atoms with van der Waals surface area (Å²) in [7, 11) is 0. The molecule has 176 valence electrons. The van der Waals surface area contributed by atoms with E-state index in [1.54, 1.807) is 23.1 Å². The Kier molecular flexibility index (Phi) is 6.72. The molecule has 0 bridgehead atoms. The largest absolute Gasteiger partial charge is 0.284 e. The Bertz CT molecular complexity index is 1170. The fourth-order valence-corrected chi connectivity index (χ4v) is 8.02. The van der Waals surface area contributed by atoms with Crippen molar-refractivity contribution in [2.45, 2.75) is 89.8 Å². The Hall–Kier alpha value is -1.59. The average molecular weight is 481 g/mol. The number of benzene rings is 1. The number of thioether (sulfide) groups is 1. The molecule has 33 heavy (non-hydrogen) atoms. The molecule has 0 aliphatic heterocycles. The first kappa shape index (κ1) is 23.2. The van der Waals surface area contributed by atoms with Crippen LogP contribution in [0.4, 0.5) is 0 Å². The van der Waals surface area contributed by atoms with E-state index < -0.39 is 0 Å². The number of hydrogen-bond acceptors (Lipinski definition) is 4. The van der Waals surface area contributed by atoms with E-state index in [9.17, 15) is 4.79 Å². The predicted molar refractivity (Wildman–Crippen MR) is 142 cm³/mol. The van der Waals surface area contributed by atoms with Crippen molar-refractivity contribution in [3.05, 3.63) is 56.7 Å². The van der Waals surface area contributed by atoms with Gasteiger partial charge >= 0.3 is 0 Å². The zero-order valence-corrected chi connectivity index (χ0v) is 21.9. The van der Waals surface area contributed by atoms with Gasteiger partial charge in [0.2, 0.25) is 0 Å². The van der Waals surface area contributed by atoms with Gasteiger partial charge in [-0.15, -0.1) is 11.3 Å². The Morgan fingerprint density at radius 1 is 1.09 bits per heavy atom. The normalized spacial score (nSPS) is 19.7. The summed E-state index contributed by atoms with van der Waals surface area (Å²) in [6.45, 7) is 7.06. The third-order valence-corrected chi connectivity index (χ3v) is 9.81. The van der Waals surface area contributed by atoms with Crippen molar-refractivity contribution in [3.63, 3.8) is 0 Å². The summed E-state index contributed by atoms with van der Waals surface area (Å²) in [5.41, 5.74) is 3.21. The molecule has 5 rings (SSSR count). The van der Waals surface area contributed by atoms with Crippen LogP contribution in [-0.2, 0) is 19.3 Å². The van der Waals surface area contributed by atoms with Gasteiger partial charge in [0.15, 0.2) is 5.16 Å². The van der Waals surface area contributed by atoms with E-state index in [4.69, 9.17) is 4.98 Å². The molecule has 5 heteroatoms. The SMILES string of the molecule is CC(C)(C)[C@H]1CCc2c(sc3nc(SCCc4ccccc4)n(C4CCCCC4)c(=O)c23)C1. The summed E-state index contributed by atoms with van der Waals surface area (Å²) >= 11 is 3.57. The van der Waals surface area contributed by atoms with Gasteiger partial charge in [0.25, 0.3) is 5.56 Å². The molecule has 0 unspecified atom stereocenters. The fraction of sp³-hybridized carbons (Fsp3) is 0.571. The lowest BCUT2D eigenvalue weighted by Crippen LogP contribution is -2.30. The van der Waals surface area contributed by atoms with E-state index in [2.05, 4.69) is 55.7 Å². The van der Waals surface area contributed by atoms with Crippen molar-refractivity contribution in [3.8, 4) is 0 Å². The summed E-state index contributed by atoms with van der Waals surface area (Å²) in [5.74, 6) is 1.63. The number of aromatic nitrogens is 2. The zero-order chi connectivity index (χ0) is 23.0. The van der Waals surface area contributed by atoms with Crippen LogP contribution >= 0.6 is 23.1 Å². The highest BCUT2D eigenvalue weighted by Gasteiger charge is 2.33. The van der Waals surface area contributed by atoms with Crippen LogP contribution in [0, 0.1) is 11.3 Å². The van der Waals surface area contributed by atoms with Crippen LogP contribution in [0.15, 0.2) is 40.3 Å². The fourth-order valence-electron chi connectivity index (χ4n) is 5.63. The standard InChI is InChI=1S/C28H36N2OS2/c1-28(2,3)20-14-15-22-23(18-20)33-25-24(22)26(31)30(21-12-8-5-9-13-21)27(29-25)32-17-16-19-10-6-4-7-11-19/h4,6-7,10-11,20-21H,5,8-9,12-18H2,1-3H3/t20-/m0/s1. The first-order valence-corrected chi connectivity index (χ1v) is 14.5. The molecule has 0 amide bonds. The van der Waals surface area contributed by atoms with E-state index in [0.29, 0.717) is 17.4 Å². The van der Waals surface area contributed by atoms with Crippen LogP contribution in [0.25, 0.3) is 10.2 Å². The molecule has 0 spiro atoms. The van der Waals surface area contributed by atoms with Crippen molar-refractivity contribution < 1.29 is 0 Å². The van der Waals surface area contributed by atoms with E-state index in [0.717, 1.165) is 53.2 Å². The first-order chi connectivity index (χ1) is 15.9. The number of rotatable bonds is 5. The number of aryl methyl sites for hydroxylation is 2. The molecule has 1 atom stereocenters. The van der Waals surface area contributed by atoms with Crippen molar-refractivity contribution in [2.75, 3.05) is 5.75 Å². The van der Waals surface area contributed by atoms with Crippen LogP contribution in [-0.4, -0.2) is 15.3 Å². The minimum absolute atomic E-state index is 0.237. The molecule has 0 N–H and O–H groups in total. The van der Waals surface area contributed by atoms with Gasteiger partial charge in [-0.3, -0.25) is 9.36 Å². The highest BCUT2D eigenvalue weighted by Crippen LogP contribution is 2.43. The van der Waals surface area contributed by atoms with Crippen LogP contribution in [0.1, 0.15) is 81.3 Å². The molecule has 3 aromatic rings. The summed E-state index contributed by atoms with van der Waals surface area (Å²) in [6.07, 6.45) is 10.3. The van der Waals surface area contributed by atoms with Gasteiger partial charge in [-0.2, -0.15) is 0 Å². The van der Waals surface area contributed by atoms with Crippen LogP contribution in [0.2, 0.25) is 0 Å². The number of hydrogen-bond donors (Lipinski definition) is 0. The smallest absolute Gasteiger partial charge is 0.263 e. The van der Waals surface area contributed by atoms with E-state index in [-0.39, 0.29) is 5.56 Å². The average Bonchev–Trinajstić information content (AvgIpc) is 3.18. The molecule has 2 aromatic heterocycles. The summed E-state index contributed by atoms with van der Waals surface area (Å²) in [5, 5.41) is 1.89. The monoisotopic (exact) mass is 480 g/mol. The molecule has 1 aromatic carbocycles. The maximum absolute atomic E-state index is 14.0.